The van der Waals surface area contributed by atoms with Crippen molar-refractivity contribution in [1.29, 1.82) is 0 Å². The molecule has 0 rings (SSSR count). The third-order valence-corrected chi connectivity index (χ3v) is 3.14. The number of hydrogen-bond donors (Lipinski definition) is 0. The average Bonchev–Trinajstić information content (AvgIpc) is 2.44. The quantitative estimate of drug-likeness (QED) is 0.333. The Kier molecular flexibility index (Phi) is 11.5. The van der Waals surface area contributed by atoms with Gasteiger partial charge in [-0.2, -0.15) is 0 Å². The number of aldehydes is 1. The van der Waals surface area contributed by atoms with Gasteiger partial charge in [-0.1, -0.05) is 23.3 Å². The van der Waals surface area contributed by atoms with Gasteiger partial charge in [0.05, 0.1) is 19.6 Å². The van der Waals surface area contributed by atoms with E-state index < -0.39 is 0 Å². The Labute approximate surface area is 128 Å². The molecule has 0 aliphatic heterocycles. The molecule has 0 amide bonds. The lowest BCUT2D eigenvalue weighted by Crippen LogP contribution is -2.13. The van der Waals surface area contributed by atoms with Gasteiger partial charge in [-0.15, -0.1) is 0 Å². The molecule has 4 nitrogen and oxygen atoms in total. The van der Waals surface area contributed by atoms with Gasteiger partial charge in [-0.05, 0) is 40.0 Å². The highest BCUT2D eigenvalue weighted by atomic mass is 16.5. The summed E-state index contributed by atoms with van der Waals surface area (Å²) >= 11 is 0. The van der Waals surface area contributed by atoms with Crippen LogP contribution < -0.4 is 0 Å². The van der Waals surface area contributed by atoms with Crippen LogP contribution in [0.3, 0.4) is 0 Å². The van der Waals surface area contributed by atoms with Crippen LogP contribution in [0.4, 0.5) is 0 Å². The molecule has 0 radical (unpaired) electrons. The van der Waals surface area contributed by atoms with Crippen LogP contribution in [0.2, 0.25) is 0 Å². The predicted octanol–water partition coefficient (Wildman–Crippen LogP) is 3.46. The van der Waals surface area contributed by atoms with Crippen LogP contribution in [0, 0.1) is 5.92 Å². The fourth-order valence-electron chi connectivity index (χ4n) is 1.97. The maximum Gasteiger partial charge on any atom is 0.306 e. The lowest BCUT2D eigenvalue weighted by Gasteiger charge is -2.10. The van der Waals surface area contributed by atoms with Crippen molar-refractivity contribution in [3.05, 3.63) is 23.3 Å². The number of rotatable bonds is 11. The van der Waals surface area contributed by atoms with E-state index in [1.807, 2.05) is 6.92 Å². The fourth-order valence-corrected chi connectivity index (χ4v) is 1.97. The van der Waals surface area contributed by atoms with Crippen LogP contribution in [-0.2, 0) is 19.1 Å². The molecule has 0 aromatic rings. The van der Waals surface area contributed by atoms with Crippen LogP contribution in [0.1, 0.15) is 46.5 Å². The number of ether oxygens (including phenoxy) is 2. The maximum atomic E-state index is 11.4. The van der Waals surface area contributed by atoms with Crippen molar-refractivity contribution in [2.45, 2.75) is 46.5 Å². The number of allylic oxidation sites excluding steroid dienone is 3. The largest absolute Gasteiger partial charge is 0.466 e. The van der Waals surface area contributed by atoms with E-state index in [-0.39, 0.29) is 18.3 Å². The van der Waals surface area contributed by atoms with Crippen LogP contribution in [-0.4, -0.2) is 32.6 Å². The standard InChI is InChI=1S/C17H28O4/c1-5-21-17(19)12-16(13-18)11-15(3)8-6-7-14(2)9-10-20-4/h8-9,13,16H,5-7,10-12H2,1-4H3/b14-9+,15-8+. The molecule has 0 N–H and O–H groups in total. The second-order valence-electron chi connectivity index (χ2n) is 5.20. The smallest absolute Gasteiger partial charge is 0.306 e. The molecule has 0 saturated carbocycles. The zero-order chi connectivity index (χ0) is 16.1. The summed E-state index contributed by atoms with van der Waals surface area (Å²) in [4.78, 5) is 22.4. The summed E-state index contributed by atoms with van der Waals surface area (Å²) in [5.41, 5.74) is 2.43. The highest BCUT2D eigenvalue weighted by Gasteiger charge is 2.14. The van der Waals surface area contributed by atoms with Gasteiger partial charge >= 0.3 is 5.97 Å². The molecule has 4 heteroatoms. The van der Waals surface area contributed by atoms with Gasteiger partial charge in [0.1, 0.15) is 6.29 Å². The minimum atomic E-state index is -0.305. The van der Waals surface area contributed by atoms with Crippen LogP contribution in [0.25, 0.3) is 0 Å². The predicted molar refractivity (Wildman–Crippen MR) is 84.0 cm³/mol. The monoisotopic (exact) mass is 296 g/mol. The summed E-state index contributed by atoms with van der Waals surface area (Å²) in [6.07, 6.45) is 7.73. The molecule has 0 aromatic carbocycles. The Morgan fingerprint density at radius 3 is 2.43 bits per heavy atom. The van der Waals surface area contributed by atoms with Gasteiger partial charge < -0.3 is 14.3 Å². The molecule has 0 aliphatic carbocycles. The Hall–Kier alpha value is -1.42. The van der Waals surface area contributed by atoms with E-state index in [4.69, 9.17) is 9.47 Å². The zero-order valence-corrected chi connectivity index (χ0v) is 13.7. The third-order valence-electron chi connectivity index (χ3n) is 3.14. The van der Waals surface area contributed by atoms with Gasteiger partial charge in [0.25, 0.3) is 0 Å². The highest BCUT2D eigenvalue weighted by molar-refractivity contribution is 5.73. The number of carbonyl (C=O) groups is 2. The van der Waals surface area contributed by atoms with Crippen molar-refractivity contribution < 1.29 is 19.1 Å². The van der Waals surface area contributed by atoms with E-state index in [1.165, 1.54) is 5.57 Å². The molecule has 0 saturated heterocycles. The van der Waals surface area contributed by atoms with E-state index in [9.17, 15) is 9.59 Å². The fraction of sp³-hybridized carbons (Fsp3) is 0.647. The summed E-state index contributed by atoms with van der Waals surface area (Å²) in [6, 6.07) is 0. The van der Waals surface area contributed by atoms with E-state index in [1.54, 1.807) is 14.0 Å². The summed E-state index contributed by atoms with van der Waals surface area (Å²) in [5.74, 6) is -0.592. The second kappa shape index (κ2) is 12.3. The minimum Gasteiger partial charge on any atom is -0.466 e. The zero-order valence-electron chi connectivity index (χ0n) is 13.7. The first-order valence-corrected chi connectivity index (χ1v) is 7.44. The maximum absolute atomic E-state index is 11.4. The lowest BCUT2D eigenvalue weighted by atomic mass is 9.97. The Balaban J connectivity index is 4.18. The Morgan fingerprint density at radius 2 is 1.86 bits per heavy atom. The number of carbonyl (C=O) groups excluding carboxylic acids is 2. The second-order valence-corrected chi connectivity index (χ2v) is 5.20. The van der Waals surface area contributed by atoms with Crippen molar-refractivity contribution in [2.75, 3.05) is 20.3 Å². The number of hydrogen-bond acceptors (Lipinski definition) is 4. The van der Waals surface area contributed by atoms with Crippen LogP contribution in [0.15, 0.2) is 23.3 Å². The van der Waals surface area contributed by atoms with Gasteiger partial charge in [-0.25, -0.2) is 0 Å². The number of methoxy groups -OCH3 is 1. The van der Waals surface area contributed by atoms with E-state index in [0.29, 0.717) is 19.6 Å². The first-order valence-electron chi connectivity index (χ1n) is 7.44. The molecule has 0 heterocycles. The van der Waals surface area contributed by atoms with Crippen molar-refractivity contribution in [3.63, 3.8) is 0 Å². The molecule has 0 aromatic heterocycles. The molecule has 120 valence electrons. The number of esters is 1. The molecule has 0 spiro atoms. The highest BCUT2D eigenvalue weighted by Crippen LogP contribution is 2.16. The summed E-state index contributed by atoms with van der Waals surface area (Å²) in [6.45, 7) is 6.83. The summed E-state index contributed by atoms with van der Waals surface area (Å²) in [7, 11) is 1.68. The molecule has 0 aliphatic rings. The average molecular weight is 296 g/mol. The lowest BCUT2D eigenvalue weighted by molar-refractivity contribution is -0.145. The topological polar surface area (TPSA) is 52.6 Å². The Bertz CT molecular complexity index is 369. The molecule has 1 unspecified atom stereocenters. The first kappa shape index (κ1) is 19.6. The van der Waals surface area contributed by atoms with E-state index in [2.05, 4.69) is 19.1 Å². The van der Waals surface area contributed by atoms with Gasteiger partial charge in [0.2, 0.25) is 0 Å². The van der Waals surface area contributed by atoms with E-state index in [0.717, 1.165) is 24.7 Å². The molecule has 21 heavy (non-hydrogen) atoms. The first-order chi connectivity index (χ1) is 10.0. The minimum absolute atomic E-state index is 0.162. The van der Waals surface area contributed by atoms with Crippen molar-refractivity contribution >= 4 is 12.3 Å². The molecular weight excluding hydrogens is 268 g/mol. The SMILES string of the molecule is CCOC(=O)CC(C=O)C/C(C)=C/CC/C(C)=C/COC. The van der Waals surface area contributed by atoms with Crippen molar-refractivity contribution in [3.8, 4) is 0 Å². The third kappa shape index (κ3) is 11.0. The van der Waals surface area contributed by atoms with Crippen LogP contribution >= 0.6 is 0 Å². The van der Waals surface area contributed by atoms with Crippen molar-refractivity contribution in [2.24, 2.45) is 5.92 Å². The van der Waals surface area contributed by atoms with Gasteiger partial charge in [-0.3, -0.25) is 4.79 Å². The van der Waals surface area contributed by atoms with Gasteiger partial charge in [0.15, 0.2) is 0 Å². The summed E-state index contributed by atoms with van der Waals surface area (Å²) in [5, 5.41) is 0. The molecular formula is C17H28O4. The molecule has 0 fully saturated rings. The van der Waals surface area contributed by atoms with Crippen molar-refractivity contribution in [1.82, 2.24) is 0 Å². The normalized spacial score (nSPS) is 13.9. The molecule has 1 atom stereocenters. The van der Waals surface area contributed by atoms with Gasteiger partial charge in [0, 0.05) is 13.0 Å². The Morgan fingerprint density at radius 1 is 1.14 bits per heavy atom. The van der Waals surface area contributed by atoms with E-state index >= 15 is 0 Å². The summed E-state index contributed by atoms with van der Waals surface area (Å²) < 4.78 is 9.86. The molecule has 0 bridgehead atoms. The van der Waals surface area contributed by atoms with Crippen LogP contribution in [0.5, 0.6) is 0 Å².